The second kappa shape index (κ2) is 10.3. The fourth-order valence-electron chi connectivity index (χ4n) is 4.01. The molecule has 1 spiro atoms. The van der Waals surface area contributed by atoms with E-state index >= 15 is 0 Å². The van der Waals surface area contributed by atoms with Crippen LogP contribution in [0, 0.1) is 11.3 Å². The van der Waals surface area contributed by atoms with Crippen molar-refractivity contribution in [3.05, 3.63) is 34.3 Å². The molecule has 26 heavy (non-hydrogen) atoms. The SMILES string of the molecule is CCC(CNC(=NC)N1CCC2(CCOC2)C1)Cc1cccc(Br)c1.I. The third kappa shape index (κ3) is 5.58. The van der Waals surface area contributed by atoms with Crippen molar-refractivity contribution in [1.29, 1.82) is 0 Å². The largest absolute Gasteiger partial charge is 0.381 e. The van der Waals surface area contributed by atoms with E-state index in [1.807, 2.05) is 7.05 Å². The highest BCUT2D eigenvalue weighted by Crippen LogP contribution is 2.38. The van der Waals surface area contributed by atoms with Gasteiger partial charge < -0.3 is 15.0 Å². The molecule has 3 rings (SSSR count). The summed E-state index contributed by atoms with van der Waals surface area (Å²) in [5, 5.41) is 3.63. The Labute approximate surface area is 183 Å². The zero-order chi connectivity index (χ0) is 17.7. The number of hydrogen-bond donors (Lipinski definition) is 1. The van der Waals surface area contributed by atoms with Crippen LogP contribution in [0.3, 0.4) is 0 Å². The van der Waals surface area contributed by atoms with Gasteiger partial charge >= 0.3 is 0 Å². The zero-order valence-corrected chi connectivity index (χ0v) is 19.8. The molecule has 2 fully saturated rings. The summed E-state index contributed by atoms with van der Waals surface area (Å²) in [5.41, 5.74) is 1.76. The molecule has 2 aliphatic heterocycles. The van der Waals surface area contributed by atoms with Crippen LogP contribution in [0.5, 0.6) is 0 Å². The van der Waals surface area contributed by atoms with Crippen molar-refractivity contribution in [2.45, 2.75) is 32.6 Å². The predicted molar refractivity (Wildman–Crippen MR) is 122 cm³/mol. The third-order valence-corrected chi connectivity index (χ3v) is 6.17. The lowest BCUT2D eigenvalue weighted by Gasteiger charge is -2.26. The molecule has 4 nitrogen and oxygen atoms in total. The van der Waals surface area contributed by atoms with Crippen molar-refractivity contribution in [3.8, 4) is 0 Å². The summed E-state index contributed by atoms with van der Waals surface area (Å²) >= 11 is 3.57. The fraction of sp³-hybridized carbons (Fsp3) is 0.650. The van der Waals surface area contributed by atoms with Gasteiger partial charge in [-0.25, -0.2) is 0 Å². The molecule has 0 radical (unpaired) electrons. The molecule has 2 aliphatic rings. The number of likely N-dealkylation sites (tertiary alicyclic amines) is 1. The first kappa shape index (κ1) is 22.0. The maximum Gasteiger partial charge on any atom is 0.193 e. The van der Waals surface area contributed by atoms with Crippen molar-refractivity contribution >= 4 is 45.9 Å². The smallest absolute Gasteiger partial charge is 0.193 e. The minimum absolute atomic E-state index is 0. The van der Waals surface area contributed by atoms with Gasteiger partial charge in [-0.1, -0.05) is 41.4 Å². The van der Waals surface area contributed by atoms with Crippen LogP contribution in [0.1, 0.15) is 31.7 Å². The first-order valence-corrected chi connectivity index (χ1v) is 10.2. The van der Waals surface area contributed by atoms with Crippen LogP contribution in [0.4, 0.5) is 0 Å². The van der Waals surface area contributed by atoms with E-state index in [1.165, 1.54) is 18.4 Å². The average Bonchev–Trinajstić information content (AvgIpc) is 3.25. The topological polar surface area (TPSA) is 36.9 Å². The van der Waals surface area contributed by atoms with Crippen LogP contribution in [0.2, 0.25) is 0 Å². The van der Waals surface area contributed by atoms with Crippen molar-refractivity contribution in [2.75, 3.05) is 39.9 Å². The Balaban J connectivity index is 0.00000243. The number of rotatable bonds is 5. The molecule has 1 N–H and O–H groups in total. The van der Waals surface area contributed by atoms with E-state index in [1.54, 1.807) is 0 Å². The zero-order valence-electron chi connectivity index (χ0n) is 15.8. The first-order valence-electron chi connectivity index (χ1n) is 9.42. The van der Waals surface area contributed by atoms with Crippen molar-refractivity contribution in [2.24, 2.45) is 16.3 Å². The van der Waals surface area contributed by atoms with Crippen molar-refractivity contribution < 1.29 is 4.74 Å². The number of guanidine groups is 1. The van der Waals surface area contributed by atoms with Crippen molar-refractivity contribution in [1.82, 2.24) is 10.2 Å². The predicted octanol–water partition coefficient (Wildman–Crippen LogP) is 4.32. The van der Waals surface area contributed by atoms with E-state index < -0.39 is 0 Å². The molecular weight excluding hydrogens is 505 g/mol. The number of benzene rings is 1. The fourth-order valence-corrected chi connectivity index (χ4v) is 4.46. The molecule has 1 aromatic carbocycles. The molecule has 1 aromatic rings. The van der Waals surface area contributed by atoms with E-state index in [2.05, 4.69) is 62.3 Å². The van der Waals surface area contributed by atoms with Gasteiger partial charge in [0.15, 0.2) is 5.96 Å². The van der Waals surface area contributed by atoms with Crippen molar-refractivity contribution in [3.63, 3.8) is 0 Å². The van der Waals surface area contributed by atoms with E-state index in [4.69, 9.17) is 4.74 Å². The summed E-state index contributed by atoms with van der Waals surface area (Å²) in [6.07, 6.45) is 4.68. The van der Waals surface area contributed by atoms with Gasteiger partial charge in [0.25, 0.3) is 0 Å². The van der Waals surface area contributed by atoms with Gasteiger partial charge in [0.2, 0.25) is 0 Å². The third-order valence-electron chi connectivity index (χ3n) is 5.67. The lowest BCUT2D eigenvalue weighted by molar-refractivity contribution is 0.156. The normalized spacial score (nSPS) is 24.0. The summed E-state index contributed by atoms with van der Waals surface area (Å²) in [6.45, 7) is 7.25. The molecule has 0 aliphatic carbocycles. The Kier molecular flexibility index (Phi) is 8.67. The lowest BCUT2D eigenvalue weighted by atomic mass is 9.87. The second-order valence-electron chi connectivity index (χ2n) is 7.51. The Bertz CT molecular complexity index is 604. The van der Waals surface area contributed by atoms with E-state index in [0.717, 1.165) is 56.1 Å². The molecular formula is C20H31BrIN3O. The summed E-state index contributed by atoms with van der Waals surface area (Å²) < 4.78 is 6.80. The van der Waals surface area contributed by atoms with E-state index in [9.17, 15) is 0 Å². The molecule has 0 amide bonds. The number of halogens is 2. The molecule has 6 heteroatoms. The van der Waals surface area contributed by atoms with Gasteiger partial charge in [-0.2, -0.15) is 0 Å². The van der Waals surface area contributed by atoms with Gasteiger partial charge in [-0.15, -0.1) is 24.0 Å². The average molecular weight is 536 g/mol. The van der Waals surface area contributed by atoms with Gasteiger partial charge in [-0.05, 0) is 42.9 Å². The quantitative estimate of drug-likeness (QED) is 0.346. The van der Waals surface area contributed by atoms with E-state index in [0.29, 0.717) is 11.3 Å². The molecule has 2 saturated heterocycles. The highest BCUT2D eigenvalue weighted by molar-refractivity contribution is 14.0. The van der Waals surface area contributed by atoms with Crippen LogP contribution >= 0.6 is 39.9 Å². The van der Waals surface area contributed by atoms with Crippen LogP contribution in [0.15, 0.2) is 33.7 Å². The molecule has 146 valence electrons. The van der Waals surface area contributed by atoms with Crippen LogP contribution in [-0.2, 0) is 11.2 Å². The van der Waals surface area contributed by atoms with Gasteiger partial charge in [-0.3, -0.25) is 4.99 Å². The lowest BCUT2D eigenvalue weighted by Crippen LogP contribution is -2.43. The maximum atomic E-state index is 5.64. The molecule has 0 saturated carbocycles. The number of hydrogen-bond acceptors (Lipinski definition) is 2. The van der Waals surface area contributed by atoms with Gasteiger partial charge in [0.05, 0.1) is 6.61 Å². The highest BCUT2D eigenvalue weighted by Gasteiger charge is 2.42. The minimum Gasteiger partial charge on any atom is -0.381 e. The highest BCUT2D eigenvalue weighted by atomic mass is 127. The Morgan fingerprint density at radius 1 is 1.42 bits per heavy atom. The summed E-state index contributed by atoms with van der Waals surface area (Å²) in [7, 11) is 1.90. The minimum atomic E-state index is 0. The summed E-state index contributed by atoms with van der Waals surface area (Å²) in [4.78, 5) is 6.95. The number of aliphatic imine (C=N–C) groups is 1. The van der Waals surface area contributed by atoms with E-state index in [-0.39, 0.29) is 24.0 Å². The standard InChI is InChI=1S/C20H30BrN3O.HI/c1-3-16(11-17-5-4-6-18(21)12-17)13-23-19(22-2)24-9-7-20(14-24)8-10-25-15-20;/h4-6,12,16H,3,7-11,13-15H2,1-2H3,(H,22,23);1H. The van der Waals surface area contributed by atoms with Gasteiger partial charge in [0.1, 0.15) is 0 Å². The van der Waals surface area contributed by atoms with Crippen LogP contribution in [0.25, 0.3) is 0 Å². The maximum absolute atomic E-state index is 5.64. The number of ether oxygens (including phenoxy) is 1. The monoisotopic (exact) mass is 535 g/mol. The number of nitrogens with one attached hydrogen (secondary N) is 1. The Morgan fingerprint density at radius 2 is 2.27 bits per heavy atom. The molecule has 2 heterocycles. The Hall–Kier alpha value is -0.340. The first-order chi connectivity index (χ1) is 12.1. The Morgan fingerprint density at radius 3 is 2.92 bits per heavy atom. The van der Waals surface area contributed by atoms with Crippen LogP contribution in [-0.4, -0.2) is 50.8 Å². The second-order valence-corrected chi connectivity index (χ2v) is 8.43. The molecule has 2 unspecified atom stereocenters. The molecule has 0 bridgehead atoms. The molecule has 2 atom stereocenters. The van der Waals surface area contributed by atoms with Crippen LogP contribution < -0.4 is 5.32 Å². The summed E-state index contributed by atoms with van der Waals surface area (Å²) in [5.74, 6) is 1.66. The molecule has 0 aromatic heterocycles. The number of nitrogens with zero attached hydrogens (tertiary/aromatic N) is 2. The van der Waals surface area contributed by atoms with Gasteiger partial charge in [0, 0.05) is 43.2 Å². The summed E-state index contributed by atoms with van der Waals surface area (Å²) in [6, 6.07) is 8.64.